The molecule has 0 heterocycles. The van der Waals surface area contributed by atoms with Gasteiger partial charge in [-0.15, -0.1) is 0 Å². The van der Waals surface area contributed by atoms with E-state index in [2.05, 4.69) is 4.74 Å². The molecule has 0 aromatic carbocycles. The fraction of sp³-hybridized carbons (Fsp3) is 0.833. The highest BCUT2D eigenvalue weighted by molar-refractivity contribution is 5.90. The van der Waals surface area contributed by atoms with Gasteiger partial charge >= 0.3 is 11.9 Å². The van der Waals surface area contributed by atoms with Crippen molar-refractivity contribution in [1.29, 1.82) is 0 Å². The largest absolute Gasteiger partial charge is 0.395 e. The van der Waals surface area contributed by atoms with Gasteiger partial charge in [0.2, 0.25) is 0 Å². The molecular weight excluding hydrogens is 256 g/mol. The van der Waals surface area contributed by atoms with Crippen molar-refractivity contribution in [3.05, 3.63) is 0 Å². The maximum Gasteiger partial charge on any atom is 0.321 e. The Balaban J connectivity index is 0. The molecule has 0 aliphatic carbocycles. The molecule has 7 heteroatoms. The molecule has 0 saturated carbocycles. The molecule has 0 unspecified atom stereocenters. The van der Waals surface area contributed by atoms with Gasteiger partial charge in [-0.2, -0.15) is 0 Å². The Bertz CT molecular complexity index is 256. The Hall–Kier alpha value is -1.02. The number of carbonyl (C=O) groups is 2. The third-order valence-corrected chi connectivity index (χ3v) is 2.18. The monoisotopic (exact) mass is 280 g/mol. The summed E-state index contributed by atoms with van der Waals surface area (Å²) in [7, 11) is 0. The fourth-order valence-corrected chi connectivity index (χ4v) is 0.490. The van der Waals surface area contributed by atoms with Crippen molar-refractivity contribution in [1.82, 2.24) is 0 Å². The second-order valence-corrected chi connectivity index (χ2v) is 5.21. The molecular formula is C12H24O7. The van der Waals surface area contributed by atoms with Crippen LogP contribution in [0.15, 0.2) is 0 Å². The van der Waals surface area contributed by atoms with E-state index < -0.39 is 36.0 Å². The maximum atomic E-state index is 11.4. The molecule has 0 saturated heterocycles. The van der Waals surface area contributed by atoms with Crippen LogP contribution in [-0.2, 0) is 14.3 Å². The van der Waals surface area contributed by atoms with Crippen LogP contribution in [0.4, 0.5) is 0 Å². The van der Waals surface area contributed by atoms with Gasteiger partial charge in [0.15, 0.2) is 0 Å². The van der Waals surface area contributed by atoms with Gasteiger partial charge in [-0.3, -0.25) is 9.59 Å². The van der Waals surface area contributed by atoms with Crippen molar-refractivity contribution in [2.75, 3.05) is 26.4 Å². The second kappa shape index (κ2) is 8.98. The van der Waals surface area contributed by atoms with E-state index in [1.807, 2.05) is 0 Å². The summed E-state index contributed by atoms with van der Waals surface area (Å²) in [5, 5.41) is 33.0. The van der Waals surface area contributed by atoms with Crippen LogP contribution in [0.5, 0.6) is 0 Å². The summed E-state index contributed by atoms with van der Waals surface area (Å²) in [6.45, 7) is 4.81. The number of hydrogen-bond acceptors (Lipinski definition) is 7. The average Bonchev–Trinajstić information content (AvgIpc) is 2.38. The summed E-state index contributed by atoms with van der Waals surface area (Å²) >= 11 is 0. The first kappa shape index (κ1) is 20.3. The van der Waals surface area contributed by atoms with E-state index in [-0.39, 0.29) is 13.2 Å². The minimum atomic E-state index is -1.11. The minimum Gasteiger partial charge on any atom is -0.395 e. The first-order valence-corrected chi connectivity index (χ1v) is 5.79. The maximum absolute atomic E-state index is 11.4. The number of ether oxygens (including phenoxy) is 1. The van der Waals surface area contributed by atoms with Crippen LogP contribution in [-0.4, -0.2) is 58.8 Å². The summed E-state index contributed by atoms with van der Waals surface area (Å²) in [6, 6.07) is 0. The number of hydrogen-bond donors (Lipinski definition) is 4. The Kier molecular flexibility index (Phi) is 9.59. The predicted octanol–water partition coefficient (Wildman–Crippen LogP) is -0.936. The lowest BCUT2D eigenvalue weighted by Gasteiger charge is -2.23. The van der Waals surface area contributed by atoms with Crippen molar-refractivity contribution in [3.8, 4) is 0 Å². The zero-order valence-electron chi connectivity index (χ0n) is 11.8. The van der Waals surface area contributed by atoms with E-state index in [4.69, 9.17) is 20.4 Å². The quantitative estimate of drug-likeness (QED) is 0.378. The molecule has 0 aromatic rings. The smallest absolute Gasteiger partial charge is 0.321 e. The third-order valence-electron chi connectivity index (χ3n) is 2.18. The van der Waals surface area contributed by atoms with E-state index in [1.54, 1.807) is 0 Å². The van der Waals surface area contributed by atoms with Gasteiger partial charge in [0.05, 0.1) is 37.3 Å². The molecule has 0 fully saturated rings. The average molecular weight is 280 g/mol. The van der Waals surface area contributed by atoms with E-state index in [0.717, 1.165) is 0 Å². The van der Waals surface area contributed by atoms with E-state index in [9.17, 15) is 9.59 Å². The van der Waals surface area contributed by atoms with Gasteiger partial charge in [0.1, 0.15) is 0 Å². The van der Waals surface area contributed by atoms with Crippen LogP contribution in [0, 0.1) is 10.8 Å². The Morgan fingerprint density at radius 1 is 0.789 bits per heavy atom. The highest BCUT2D eigenvalue weighted by atomic mass is 16.6. The molecule has 0 spiro atoms. The molecule has 7 nitrogen and oxygen atoms in total. The first-order valence-electron chi connectivity index (χ1n) is 5.79. The predicted molar refractivity (Wildman–Crippen MR) is 67.0 cm³/mol. The zero-order valence-corrected chi connectivity index (χ0v) is 11.8. The summed E-state index contributed by atoms with van der Waals surface area (Å²) < 4.78 is 4.56. The molecule has 114 valence electrons. The lowest BCUT2D eigenvalue weighted by Crippen LogP contribution is -2.38. The van der Waals surface area contributed by atoms with E-state index >= 15 is 0 Å². The van der Waals surface area contributed by atoms with Crippen LogP contribution >= 0.6 is 0 Å². The van der Waals surface area contributed by atoms with Gasteiger partial charge in [-0.25, -0.2) is 0 Å². The Morgan fingerprint density at radius 2 is 1.05 bits per heavy atom. The van der Waals surface area contributed by atoms with E-state index in [1.165, 1.54) is 27.7 Å². The first-order chi connectivity index (χ1) is 8.58. The van der Waals surface area contributed by atoms with Crippen LogP contribution in [0.3, 0.4) is 0 Å². The molecule has 0 aliphatic heterocycles. The number of aliphatic hydroxyl groups is 4. The summed E-state index contributed by atoms with van der Waals surface area (Å²) in [6.07, 6.45) is 0. The van der Waals surface area contributed by atoms with Crippen LogP contribution in [0.1, 0.15) is 27.7 Å². The molecule has 4 N–H and O–H groups in total. The minimum absolute atomic E-state index is 0.125. The van der Waals surface area contributed by atoms with E-state index in [0.29, 0.717) is 0 Å². The van der Waals surface area contributed by atoms with Gasteiger partial charge in [0.25, 0.3) is 0 Å². The van der Waals surface area contributed by atoms with Crippen molar-refractivity contribution in [3.63, 3.8) is 0 Å². The van der Waals surface area contributed by atoms with Crippen molar-refractivity contribution in [2.45, 2.75) is 27.7 Å². The van der Waals surface area contributed by atoms with Crippen LogP contribution in [0.2, 0.25) is 0 Å². The Morgan fingerprint density at radius 3 is 1.21 bits per heavy atom. The van der Waals surface area contributed by atoms with Gasteiger partial charge < -0.3 is 25.2 Å². The van der Waals surface area contributed by atoms with Gasteiger partial charge in [-0.05, 0) is 27.7 Å². The lowest BCUT2D eigenvalue weighted by atomic mass is 9.93. The number of esters is 2. The second-order valence-electron chi connectivity index (χ2n) is 5.21. The molecule has 19 heavy (non-hydrogen) atoms. The topological polar surface area (TPSA) is 124 Å². The third kappa shape index (κ3) is 7.89. The lowest BCUT2D eigenvalue weighted by molar-refractivity contribution is -0.174. The molecule has 0 radical (unpaired) electrons. The number of rotatable bonds is 5. The van der Waals surface area contributed by atoms with Crippen molar-refractivity contribution in [2.24, 2.45) is 10.8 Å². The van der Waals surface area contributed by atoms with Crippen LogP contribution < -0.4 is 0 Å². The molecule has 0 aromatic heterocycles. The summed E-state index contributed by atoms with van der Waals surface area (Å²) in [5.74, 6) is -1.59. The van der Waals surface area contributed by atoms with Gasteiger partial charge in [0, 0.05) is 0 Å². The number of carbonyl (C=O) groups excluding carboxylic acids is 2. The molecule has 0 rings (SSSR count). The summed E-state index contributed by atoms with van der Waals surface area (Å²) in [4.78, 5) is 22.8. The highest BCUT2D eigenvalue weighted by Gasteiger charge is 2.36. The molecule has 0 atom stereocenters. The zero-order chi connectivity index (χ0) is 15.7. The molecule has 0 amide bonds. The van der Waals surface area contributed by atoms with Crippen molar-refractivity contribution < 1.29 is 34.8 Å². The van der Waals surface area contributed by atoms with Gasteiger partial charge in [-0.1, -0.05) is 0 Å². The molecule has 0 aliphatic rings. The van der Waals surface area contributed by atoms with Crippen molar-refractivity contribution >= 4 is 11.9 Å². The standard InChI is InChI=1S/C10H18O5.C2H6O2/c1-9(2,5-11)7(13)15-8(14)10(3,4)6-12;3-1-2-4/h11-12H,5-6H2,1-4H3;3-4H,1-2H2. The number of aliphatic hydroxyl groups excluding tert-OH is 4. The fourth-order valence-electron chi connectivity index (χ4n) is 0.490. The highest BCUT2D eigenvalue weighted by Crippen LogP contribution is 2.21. The van der Waals surface area contributed by atoms with Crippen LogP contribution in [0.25, 0.3) is 0 Å². The molecule has 0 bridgehead atoms. The normalized spacial score (nSPS) is 11.4. The summed E-state index contributed by atoms with van der Waals surface area (Å²) in [5.41, 5.74) is -2.22. The Labute approximate surface area is 112 Å². The SMILES string of the molecule is CC(C)(CO)C(=O)OC(=O)C(C)(C)CO.OCCO.